The van der Waals surface area contributed by atoms with Crippen molar-refractivity contribution in [2.24, 2.45) is 11.8 Å². The van der Waals surface area contributed by atoms with Crippen LogP contribution in [-0.4, -0.2) is 16.1 Å². The molecule has 1 aromatic heterocycles. The van der Waals surface area contributed by atoms with Gasteiger partial charge in [-0.2, -0.15) is 0 Å². The molecule has 2 bridgehead atoms. The summed E-state index contributed by atoms with van der Waals surface area (Å²) in [7, 11) is 0. The fourth-order valence-corrected chi connectivity index (χ4v) is 5.64. The molecule has 6 rings (SSSR count). The van der Waals surface area contributed by atoms with Crippen molar-refractivity contribution in [3.63, 3.8) is 0 Å². The highest BCUT2D eigenvalue weighted by Gasteiger charge is 2.41. The second-order valence-corrected chi connectivity index (χ2v) is 9.26. The topological polar surface area (TPSA) is 63.3 Å². The molecule has 0 amide bonds. The summed E-state index contributed by atoms with van der Waals surface area (Å²) in [5, 5.41) is 9.42. The van der Waals surface area contributed by atoms with Crippen LogP contribution in [0, 0.1) is 11.8 Å². The Morgan fingerprint density at radius 3 is 2.32 bits per heavy atom. The number of aromatic nitrogens is 1. The normalized spacial score (nSPS) is 19.1. The Bertz CT molecular complexity index is 1330. The molecule has 168 valence electrons. The predicted octanol–water partition coefficient (Wildman–Crippen LogP) is 7.13. The molecular formula is C30H25NO3. The average Bonchev–Trinajstić information content (AvgIpc) is 3.60. The number of hydrogen-bond donors (Lipinski definition) is 1. The minimum Gasteiger partial charge on any atom is -0.478 e. The predicted molar refractivity (Wildman–Crippen MR) is 132 cm³/mol. The second-order valence-electron chi connectivity index (χ2n) is 9.26. The third kappa shape index (κ3) is 3.65. The fourth-order valence-electron chi connectivity index (χ4n) is 5.64. The van der Waals surface area contributed by atoms with Gasteiger partial charge in [-0.05, 0) is 55.2 Å². The van der Waals surface area contributed by atoms with E-state index in [1.54, 1.807) is 12.1 Å². The van der Waals surface area contributed by atoms with E-state index in [9.17, 15) is 9.90 Å². The largest absolute Gasteiger partial charge is 0.478 e. The van der Waals surface area contributed by atoms with Crippen molar-refractivity contribution in [3.05, 3.63) is 108 Å². The van der Waals surface area contributed by atoms with Gasteiger partial charge in [0.25, 0.3) is 0 Å². The van der Waals surface area contributed by atoms with Gasteiger partial charge in [0.2, 0.25) is 5.89 Å². The number of fused-ring (bicyclic) bond motifs is 2. The van der Waals surface area contributed by atoms with Crippen molar-refractivity contribution < 1.29 is 14.3 Å². The van der Waals surface area contributed by atoms with Crippen molar-refractivity contribution in [2.75, 3.05) is 0 Å². The number of oxazole rings is 1. The van der Waals surface area contributed by atoms with Crippen LogP contribution in [0.3, 0.4) is 0 Å². The lowest BCUT2D eigenvalue weighted by molar-refractivity contribution is 0.0696. The van der Waals surface area contributed by atoms with Crippen LogP contribution in [0.5, 0.6) is 0 Å². The SMILES string of the molecule is O=C(O)c1cccc(CC2=C(c3nc(-c4ccccc4)c(-c4ccccc4)o3)C3CCC2C3)c1. The minimum atomic E-state index is -0.892. The van der Waals surface area contributed by atoms with Gasteiger partial charge in [0.1, 0.15) is 5.69 Å². The third-order valence-corrected chi connectivity index (χ3v) is 7.19. The first kappa shape index (κ1) is 20.7. The Kier molecular flexibility index (Phi) is 5.14. The molecule has 34 heavy (non-hydrogen) atoms. The van der Waals surface area contributed by atoms with Gasteiger partial charge < -0.3 is 9.52 Å². The summed E-state index contributed by atoms with van der Waals surface area (Å²) in [6.07, 6.45) is 4.21. The third-order valence-electron chi connectivity index (χ3n) is 7.19. The van der Waals surface area contributed by atoms with Crippen molar-refractivity contribution >= 4 is 11.5 Å². The second kappa shape index (κ2) is 8.45. The summed E-state index contributed by atoms with van der Waals surface area (Å²) in [5.74, 6) is 1.59. The van der Waals surface area contributed by atoms with Gasteiger partial charge in [-0.1, -0.05) is 78.4 Å². The first-order valence-electron chi connectivity index (χ1n) is 11.8. The summed E-state index contributed by atoms with van der Waals surface area (Å²) in [6.45, 7) is 0. The highest BCUT2D eigenvalue weighted by Crippen LogP contribution is 2.54. The van der Waals surface area contributed by atoms with Crippen LogP contribution in [0.1, 0.15) is 41.1 Å². The molecule has 0 saturated heterocycles. The van der Waals surface area contributed by atoms with Crippen molar-refractivity contribution in [1.29, 1.82) is 0 Å². The highest BCUT2D eigenvalue weighted by molar-refractivity contribution is 5.87. The molecule has 2 atom stereocenters. The van der Waals surface area contributed by atoms with E-state index in [0.717, 1.165) is 47.4 Å². The van der Waals surface area contributed by atoms with E-state index in [-0.39, 0.29) is 0 Å². The number of carbonyl (C=O) groups is 1. The Morgan fingerprint density at radius 2 is 1.59 bits per heavy atom. The van der Waals surface area contributed by atoms with Gasteiger partial charge in [-0.3, -0.25) is 0 Å². The summed E-state index contributed by atoms with van der Waals surface area (Å²) in [6, 6.07) is 27.6. The minimum absolute atomic E-state index is 0.330. The van der Waals surface area contributed by atoms with Crippen LogP contribution >= 0.6 is 0 Å². The maximum Gasteiger partial charge on any atom is 0.335 e. The fraction of sp³-hybridized carbons (Fsp3) is 0.200. The van der Waals surface area contributed by atoms with Gasteiger partial charge in [-0.25, -0.2) is 9.78 Å². The van der Waals surface area contributed by atoms with E-state index in [0.29, 0.717) is 23.3 Å². The van der Waals surface area contributed by atoms with Gasteiger partial charge in [0.15, 0.2) is 5.76 Å². The van der Waals surface area contributed by atoms with Crippen LogP contribution < -0.4 is 0 Å². The average molecular weight is 448 g/mol. The molecule has 3 aromatic carbocycles. The van der Waals surface area contributed by atoms with E-state index in [1.165, 1.54) is 17.6 Å². The number of carboxylic acids is 1. The first-order valence-corrected chi connectivity index (χ1v) is 11.8. The van der Waals surface area contributed by atoms with Gasteiger partial charge in [-0.15, -0.1) is 0 Å². The Labute approximate surface area is 198 Å². The van der Waals surface area contributed by atoms with Crippen molar-refractivity contribution in [2.45, 2.75) is 25.7 Å². The number of hydrogen-bond acceptors (Lipinski definition) is 3. The zero-order valence-electron chi connectivity index (χ0n) is 18.8. The molecule has 1 fully saturated rings. The molecule has 2 aliphatic rings. The van der Waals surface area contributed by atoms with Crippen LogP contribution in [0.15, 0.2) is 94.9 Å². The quantitative estimate of drug-likeness (QED) is 0.341. The van der Waals surface area contributed by atoms with Crippen LogP contribution in [0.2, 0.25) is 0 Å². The molecule has 2 unspecified atom stereocenters. The lowest BCUT2D eigenvalue weighted by atomic mass is 9.87. The van der Waals surface area contributed by atoms with Gasteiger partial charge in [0.05, 0.1) is 5.56 Å². The zero-order chi connectivity index (χ0) is 23.1. The molecule has 4 nitrogen and oxygen atoms in total. The summed E-state index contributed by atoms with van der Waals surface area (Å²) in [5.41, 5.74) is 6.87. The monoisotopic (exact) mass is 447 g/mol. The molecular weight excluding hydrogens is 422 g/mol. The Hall–Kier alpha value is -3.92. The lowest BCUT2D eigenvalue weighted by Crippen LogP contribution is -2.07. The van der Waals surface area contributed by atoms with Crippen LogP contribution in [0.25, 0.3) is 28.2 Å². The maximum atomic E-state index is 11.5. The van der Waals surface area contributed by atoms with E-state index < -0.39 is 5.97 Å². The number of benzene rings is 3. The smallest absolute Gasteiger partial charge is 0.335 e. The molecule has 0 aliphatic heterocycles. The molecule has 1 saturated carbocycles. The zero-order valence-corrected chi connectivity index (χ0v) is 18.8. The van der Waals surface area contributed by atoms with Crippen LogP contribution in [0.4, 0.5) is 0 Å². The molecule has 2 aliphatic carbocycles. The van der Waals surface area contributed by atoms with Gasteiger partial charge >= 0.3 is 5.97 Å². The molecule has 0 radical (unpaired) electrons. The van der Waals surface area contributed by atoms with Crippen molar-refractivity contribution in [1.82, 2.24) is 4.98 Å². The van der Waals surface area contributed by atoms with E-state index >= 15 is 0 Å². The summed E-state index contributed by atoms with van der Waals surface area (Å²) in [4.78, 5) is 16.6. The lowest BCUT2D eigenvalue weighted by Gasteiger charge is -2.18. The maximum absolute atomic E-state index is 11.5. The van der Waals surface area contributed by atoms with Crippen molar-refractivity contribution in [3.8, 4) is 22.6 Å². The summed E-state index contributed by atoms with van der Waals surface area (Å²) >= 11 is 0. The van der Waals surface area contributed by atoms with E-state index in [4.69, 9.17) is 9.40 Å². The molecule has 0 spiro atoms. The Balaban J connectivity index is 1.47. The van der Waals surface area contributed by atoms with Crippen LogP contribution in [-0.2, 0) is 6.42 Å². The number of rotatable bonds is 6. The molecule has 4 aromatic rings. The highest BCUT2D eigenvalue weighted by atomic mass is 16.4. The molecule has 1 N–H and O–H groups in total. The van der Waals surface area contributed by atoms with E-state index in [1.807, 2.05) is 48.5 Å². The first-order chi connectivity index (χ1) is 16.7. The van der Waals surface area contributed by atoms with Gasteiger partial charge in [0, 0.05) is 16.7 Å². The van der Waals surface area contributed by atoms with E-state index in [2.05, 4.69) is 24.3 Å². The standard InChI is InChI=1S/C30H25NO3/c32-30(33)24-13-7-8-19(16-24)17-25-22-14-15-23(18-22)26(25)29-31-27(20-9-3-1-4-10-20)28(34-29)21-11-5-2-6-12-21/h1-13,16,22-23H,14-15,17-18H2,(H,32,33). The summed E-state index contributed by atoms with van der Waals surface area (Å²) < 4.78 is 6.56. The number of carboxylic acid groups (broad SMARTS) is 1. The molecule has 4 heteroatoms. The number of aromatic carboxylic acids is 1. The molecule has 1 heterocycles. The number of nitrogens with zero attached hydrogens (tertiary/aromatic N) is 1. The number of allylic oxidation sites excluding steroid dienone is 2. The Morgan fingerprint density at radius 1 is 0.882 bits per heavy atom.